The first-order valence-electron chi connectivity index (χ1n) is 15.9. The summed E-state index contributed by atoms with van der Waals surface area (Å²) in [4.78, 5) is 78.4. The normalized spacial score (nSPS) is 23.2. The number of carbonyl (C=O) groups is 5. The van der Waals surface area contributed by atoms with Crippen molar-refractivity contribution in [3.63, 3.8) is 0 Å². The molecule has 4 aromatic rings. The monoisotopic (exact) mass is 708 g/mol. The molecule has 2 amide bonds. The van der Waals surface area contributed by atoms with Crippen molar-refractivity contribution >= 4 is 75.1 Å². The van der Waals surface area contributed by atoms with Crippen LogP contribution in [-0.4, -0.2) is 81.4 Å². The number of nitrogens with zero attached hydrogens (tertiary/aromatic N) is 2. The molecule has 0 spiro atoms. The van der Waals surface area contributed by atoms with Gasteiger partial charge in [-0.3, -0.25) is 14.4 Å². The molecule has 0 saturated heterocycles. The largest absolute Gasteiger partial charge is 0.479 e. The van der Waals surface area contributed by atoms with Gasteiger partial charge in [0.25, 0.3) is 0 Å². The van der Waals surface area contributed by atoms with Gasteiger partial charge in [0.15, 0.2) is 16.2 Å². The number of thiol groups is 1. The second-order valence-corrected chi connectivity index (χ2v) is 14.7. The average molecular weight is 709 g/mol. The number of halogens is 1. The van der Waals surface area contributed by atoms with Crippen LogP contribution in [0, 0.1) is 17.7 Å². The van der Waals surface area contributed by atoms with E-state index >= 15 is 0 Å². The van der Waals surface area contributed by atoms with E-state index in [-0.39, 0.29) is 23.2 Å². The van der Waals surface area contributed by atoms with Gasteiger partial charge in [-0.1, -0.05) is 43.8 Å². The molecule has 2 aliphatic rings. The van der Waals surface area contributed by atoms with Crippen LogP contribution < -0.4 is 0 Å². The Kier molecular flexibility index (Phi) is 8.85. The smallest absolute Gasteiger partial charge is 0.333 e. The minimum absolute atomic E-state index is 0.0214. The predicted molar refractivity (Wildman–Crippen MR) is 186 cm³/mol. The maximum Gasteiger partial charge on any atom is 0.333 e. The zero-order chi connectivity index (χ0) is 35.6. The summed E-state index contributed by atoms with van der Waals surface area (Å²) in [7, 11) is 0. The molecule has 0 radical (unpaired) electrons. The Hall–Kier alpha value is -4.30. The van der Waals surface area contributed by atoms with Gasteiger partial charge in [0, 0.05) is 76.3 Å². The quantitative estimate of drug-likeness (QED) is 0.161. The highest BCUT2D eigenvalue weighted by Gasteiger charge is 2.73. The van der Waals surface area contributed by atoms with Gasteiger partial charge in [-0.05, 0) is 42.3 Å². The summed E-state index contributed by atoms with van der Waals surface area (Å²) in [5.74, 6) is -6.81. The van der Waals surface area contributed by atoms with E-state index in [1.54, 1.807) is 32.9 Å². The van der Waals surface area contributed by atoms with Crippen LogP contribution in [0.1, 0.15) is 56.3 Å². The SMILES string of the molecule is CC(=O)SCC(C)C(=O)N1Cc2[nH]c3ccc(F)cc3c2CC1(C(=O)O)C1(C(=O)O)Cc2c([nH]c3ccccc23)C(C)N1C(=O)C(C)CS. The fourth-order valence-electron chi connectivity index (χ4n) is 7.80. The maximum absolute atomic E-state index is 14.7. The van der Waals surface area contributed by atoms with Crippen molar-refractivity contribution in [1.82, 2.24) is 19.8 Å². The van der Waals surface area contributed by atoms with Crippen molar-refractivity contribution in [2.45, 2.75) is 64.2 Å². The van der Waals surface area contributed by atoms with Crippen LogP contribution in [-0.2, 0) is 43.4 Å². The number of nitrogens with one attached hydrogen (secondary N) is 2. The Morgan fingerprint density at radius 2 is 1.59 bits per heavy atom. The van der Waals surface area contributed by atoms with E-state index in [9.17, 15) is 38.6 Å². The first kappa shape index (κ1) is 34.6. The van der Waals surface area contributed by atoms with Gasteiger partial charge in [0.2, 0.25) is 11.8 Å². The van der Waals surface area contributed by atoms with Gasteiger partial charge >= 0.3 is 11.9 Å². The Morgan fingerprint density at radius 1 is 0.939 bits per heavy atom. The molecule has 4 N–H and O–H groups in total. The molecule has 4 heterocycles. The van der Waals surface area contributed by atoms with E-state index in [0.717, 1.165) is 21.6 Å². The fraction of sp³-hybridized carbons (Fsp3) is 0.400. The van der Waals surface area contributed by atoms with Crippen LogP contribution in [0.2, 0.25) is 0 Å². The van der Waals surface area contributed by atoms with Crippen molar-refractivity contribution in [2.24, 2.45) is 11.8 Å². The van der Waals surface area contributed by atoms with E-state index in [4.69, 9.17) is 0 Å². The number of carbonyl (C=O) groups excluding carboxylic acids is 3. The van der Waals surface area contributed by atoms with E-state index in [1.165, 1.54) is 25.1 Å². The second kappa shape index (κ2) is 12.5. The van der Waals surface area contributed by atoms with Crippen LogP contribution in [0.15, 0.2) is 42.5 Å². The molecule has 14 heteroatoms. The van der Waals surface area contributed by atoms with Crippen molar-refractivity contribution in [3.8, 4) is 0 Å². The summed E-state index contributed by atoms with van der Waals surface area (Å²) in [5.41, 5.74) is -2.14. The molecule has 2 aliphatic heterocycles. The Labute approximate surface area is 291 Å². The van der Waals surface area contributed by atoms with Crippen molar-refractivity contribution in [2.75, 3.05) is 11.5 Å². The highest BCUT2D eigenvalue weighted by Crippen LogP contribution is 2.53. The zero-order valence-electron chi connectivity index (χ0n) is 27.4. The Balaban J connectivity index is 1.71. The lowest BCUT2D eigenvalue weighted by atomic mass is 9.62. The number of amides is 2. The molecule has 2 aromatic carbocycles. The number of rotatable bonds is 8. The lowest BCUT2D eigenvalue weighted by Gasteiger charge is -2.59. The summed E-state index contributed by atoms with van der Waals surface area (Å²) in [6, 6.07) is 10.2. The van der Waals surface area contributed by atoms with Crippen LogP contribution in [0.4, 0.5) is 4.39 Å². The molecule has 0 saturated carbocycles. The average Bonchev–Trinajstić information content (AvgIpc) is 3.62. The molecule has 0 fully saturated rings. The van der Waals surface area contributed by atoms with Gasteiger partial charge in [0.1, 0.15) is 5.82 Å². The fourth-order valence-corrected chi connectivity index (χ4v) is 8.59. The lowest BCUT2D eigenvalue weighted by molar-refractivity contribution is -0.197. The third-order valence-corrected chi connectivity index (χ3v) is 11.8. The molecule has 11 nitrogen and oxygen atoms in total. The standard InChI is InChI=1S/C35H37FN4O7S2/c1-17(15-48)31(43)40-19(3)29-25(22-7-5-6-8-26(22)38-29)13-35(40,33(46)47)34(32(44)45)12-24-23-11-21(36)9-10-27(23)37-28(24)14-39(34)30(42)18(2)16-49-20(4)41/h5-11,17-19,37-38,48H,12-16H2,1-4H3,(H,44,45)(H,46,47). The first-order valence-corrected chi connectivity index (χ1v) is 17.6. The maximum atomic E-state index is 14.7. The van der Waals surface area contributed by atoms with Crippen molar-refractivity contribution < 1.29 is 38.6 Å². The van der Waals surface area contributed by atoms with Gasteiger partial charge in [0.05, 0.1) is 12.6 Å². The second-order valence-electron chi connectivity index (χ2n) is 13.1. The topological polar surface area (TPSA) is 164 Å². The third kappa shape index (κ3) is 5.13. The third-order valence-electron chi connectivity index (χ3n) is 10.2. The summed E-state index contributed by atoms with van der Waals surface area (Å²) >= 11 is 5.24. The number of thioether (sulfide) groups is 1. The molecular formula is C35H37FN4O7S2. The van der Waals surface area contributed by atoms with Crippen LogP contribution in [0.25, 0.3) is 21.8 Å². The van der Waals surface area contributed by atoms with Gasteiger partial charge in [-0.15, -0.1) is 0 Å². The summed E-state index contributed by atoms with van der Waals surface area (Å²) in [6.07, 6.45) is -0.995. The molecule has 49 heavy (non-hydrogen) atoms. The van der Waals surface area contributed by atoms with E-state index < -0.39 is 71.4 Å². The first-order chi connectivity index (χ1) is 23.2. The number of aromatic nitrogens is 2. The highest BCUT2D eigenvalue weighted by atomic mass is 32.2. The number of carboxylic acid groups (broad SMARTS) is 2. The number of hydrogen-bond acceptors (Lipinski definition) is 7. The molecule has 2 aromatic heterocycles. The van der Waals surface area contributed by atoms with Crippen LogP contribution >= 0.6 is 24.4 Å². The minimum atomic E-state index is -2.60. The molecule has 5 unspecified atom stereocenters. The van der Waals surface area contributed by atoms with E-state index in [0.29, 0.717) is 44.3 Å². The van der Waals surface area contributed by atoms with Crippen LogP contribution in [0.3, 0.4) is 0 Å². The number of carboxylic acids is 2. The number of fused-ring (bicyclic) bond motifs is 6. The number of H-pyrrole nitrogens is 2. The van der Waals surface area contributed by atoms with E-state index in [2.05, 4.69) is 22.6 Å². The van der Waals surface area contributed by atoms with Gasteiger partial charge in [-0.2, -0.15) is 12.6 Å². The predicted octanol–water partition coefficient (Wildman–Crippen LogP) is 4.95. The van der Waals surface area contributed by atoms with Crippen molar-refractivity contribution in [1.29, 1.82) is 0 Å². The minimum Gasteiger partial charge on any atom is -0.479 e. The summed E-state index contributed by atoms with van der Waals surface area (Å²) in [5, 5.41) is 24.0. The molecule has 5 atom stereocenters. The molecule has 258 valence electrons. The molecule has 0 aliphatic carbocycles. The van der Waals surface area contributed by atoms with E-state index in [1.807, 2.05) is 12.1 Å². The Bertz CT molecular complexity index is 2040. The van der Waals surface area contributed by atoms with Gasteiger partial charge < -0.3 is 30.0 Å². The van der Waals surface area contributed by atoms with Crippen molar-refractivity contribution in [3.05, 3.63) is 70.8 Å². The van der Waals surface area contributed by atoms with Crippen LogP contribution in [0.5, 0.6) is 0 Å². The zero-order valence-corrected chi connectivity index (χ0v) is 29.1. The Morgan fingerprint density at radius 3 is 2.24 bits per heavy atom. The number of aliphatic carboxylic acids is 2. The number of aromatic amines is 2. The summed E-state index contributed by atoms with van der Waals surface area (Å²) < 4.78 is 14.7. The lowest BCUT2D eigenvalue weighted by Crippen LogP contribution is -2.82. The molecule has 0 bridgehead atoms. The number of para-hydroxylation sites is 1. The van der Waals surface area contributed by atoms with Gasteiger partial charge in [-0.25, -0.2) is 14.0 Å². The molecular weight excluding hydrogens is 672 g/mol. The number of hydrogen-bond donors (Lipinski definition) is 5. The highest BCUT2D eigenvalue weighted by molar-refractivity contribution is 8.13. The molecule has 6 rings (SSSR count). The number of benzene rings is 2. The summed E-state index contributed by atoms with van der Waals surface area (Å²) in [6.45, 7) is 5.79.